The van der Waals surface area contributed by atoms with Crippen molar-refractivity contribution in [1.82, 2.24) is 0 Å². The average molecular weight is 248 g/mol. The number of Topliss-reactive ketones (excluding diaryl/α,β-unsaturated/α-hetero) is 1. The number of methoxy groups -OCH3 is 1. The Hall–Kier alpha value is -1.35. The Labute approximate surface area is 108 Å². The molecule has 18 heavy (non-hydrogen) atoms. The second kappa shape index (κ2) is 5.11. The Bertz CT molecular complexity index is 428. The second-order valence-electron chi connectivity index (χ2n) is 5.08. The molecule has 0 aliphatic heterocycles. The fourth-order valence-electron chi connectivity index (χ4n) is 2.27. The first-order chi connectivity index (χ1) is 8.57. The fourth-order valence-corrected chi connectivity index (χ4v) is 2.27. The maximum atomic E-state index is 12.4. The van der Waals surface area contributed by atoms with Gasteiger partial charge in [0, 0.05) is 12.7 Å². The molecule has 98 valence electrons. The van der Waals surface area contributed by atoms with Crippen LogP contribution in [0.25, 0.3) is 0 Å². The number of benzene rings is 1. The predicted molar refractivity (Wildman–Crippen MR) is 70.1 cm³/mol. The SMILES string of the molecule is COC1(C(=O)c2cccc(OC(C)C)c2)CCC1. The number of ether oxygens (including phenoxy) is 2. The zero-order chi connectivity index (χ0) is 13.2. The number of ketones is 1. The van der Waals surface area contributed by atoms with E-state index < -0.39 is 5.60 Å². The van der Waals surface area contributed by atoms with Gasteiger partial charge in [0.15, 0.2) is 5.78 Å². The van der Waals surface area contributed by atoms with Crippen LogP contribution < -0.4 is 4.74 Å². The van der Waals surface area contributed by atoms with Crippen LogP contribution in [0.1, 0.15) is 43.5 Å². The normalized spacial score (nSPS) is 17.3. The van der Waals surface area contributed by atoms with Crippen molar-refractivity contribution < 1.29 is 14.3 Å². The number of carbonyl (C=O) groups excluding carboxylic acids is 1. The maximum Gasteiger partial charge on any atom is 0.194 e. The molecule has 0 saturated heterocycles. The van der Waals surface area contributed by atoms with Gasteiger partial charge in [0.25, 0.3) is 0 Å². The van der Waals surface area contributed by atoms with Crippen molar-refractivity contribution in [1.29, 1.82) is 0 Å². The van der Waals surface area contributed by atoms with Gasteiger partial charge >= 0.3 is 0 Å². The van der Waals surface area contributed by atoms with Crippen molar-refractivity contribution in [3.63, 3.8) is 0 Å². The molecular weight excluding hydrogens is 228 g/mol. The van der Waals surface area contributed by atoms with Gasteiger partial charge in [-0.3, -0.25) is 4.79 Å². The van der Waals surface area contributed by atoms with E-state index in [0.717, 1.165) is 25.0 Å². The van der Waals surface area contributed by atoms with Gasteiger partial charge in [-0.1, -0.05) is 12.1 Å². The van der Waals surface area contributed by atoms with E-state index in [0.29, 0.717) is 5.56 Å². The largest absolute Gasteiger partial charge is 0.491 e. The van der Waals surface area contributed by atoms with Crippen LogP contribution in [0.15, 0.2) is 24.3 Å². The molecule has 0 atom stereocenters. The van der Waals surface area contributed by atoms with Gasteiger partial charge in [-0.2, -0.15) is 0 Å². The lowest BCUT2D eigenvalue weighted by Gasteiger charge is -2.38. The lowest BCUT2D eigenvalue weighted by Crippen LogP contribution is -2.47. The van der Waals surface area contributed by atoms with Gasteiger partial charge in [-0.15, -0.1) is 0 Å². The van der Waals surface area contributed by atoms with Crippen molar-refractivity contribution in [3.05, 3.63) is 29.8 Å². The van der Waals surface area contributed by atoms with Crippen LogP contribution >= 0.6 is 0 Å². The molecule has 1 aromatic rings. The first kappa shape index (κ1) is 13.1. The minimum Gasteiger partial charge on any atom is -0.491 e. The zero-order valence-electron chi connectivity index (χ0n) is 11.2. The molecule has 0 N–H and O–H groups in total. The van der Waals surface area contributed by atoms with Crippen LogP contribution in [-0.4, -0.2) is 24.6 Å². The predicted octanol–water partition coefficient (Wildman–Crippen LogP) is 3.23. The monoisotopic (exact) mass is 248 g/mol. The van der Waals surface area contributed by atoms with Crippen molar-refractivity contribution in [3.8, 4) is 5.75 Å². The number of carbonyl (C=O) groups is 1. The van der Waals surface area contributed by atoms with Gasteiger partial charge in [0.2, 0.25) is 0 Å². The zero-order valence-corrected chi connectivity index (χ0v) is 11.2. The topological polar surface area (TPSA) is 35.5 Å². The van der Waals surface area contributed by atoms with E-state index in [4.69, 9.17) is 9.47 Å². The summed E-state index contributed by atoms with van der Waals surface area (Å²) in [5.74, 6) is 0.812. The molecule has 0 spiro atoms. The molecule has 0 radical (unpaired) electrons. The third kappa shape index (κ3) is 2.41. The van der Waals surface area contributed by atoms with Crippen molar-refractivity contribution in [2.75, 3.05) is 7.11 Å². The molecule has 1 aliphatic rings. The number of hydrogen-bond acceptors (Lipinski definition) is 3. The summed E-state index contributed by atoms with van der Waals surface area (Å²) in [7, 11) is 1.62. The molecule has 1 saturated carbocycles. The molecule has 3 heteroatoms. The highest BCUT2D eigenvalue weighted by molar-refractivity contribution is 6.03. The molecule has 0 amide bonds. The Kier molecular flexibility index (Phi) is 3.71. The lowest BCUT2D eigenvalue weighted by atomic mass is 9.75. The molecule has 2 rings (SSSR count). The fraction of sp³-hybridized carbons (Fsp3) is 0.533. The van der Waals surface area contributed by atoms with Crippen LogP contribution in [0.4, 0.5) is 0 Å². The Morgan fingerprint density at radius 3 is 2.56 bits per heavy atom. The maximum absolute atomic E-state index is 12.4. The second-order valence-corrected chi connectivity index (χ2v) is 5.08. The molecular formula is C15H20O3. The van der Waals surface area contributed by atoms with E-state index in [2.05, 4.69) is 0 Å². The van der Waals surface area contributed by atoms with E-state index in [-0.39, 0.29) is 11.9 Å². The molecule has 1 aliphatic carbocycles. The van der Waals surface area contributed by atoms with Crippen LogP contribution in [-0.2, 0) is 4.74 Å². The summed E-state index contributed by atoms with van der Waals surface area (Å²) in [5.41, 5.74) is 0.0888. The van der Waals surface area contributed by atoms with Gasteiger partial charge in [-0.05, 0) is 45.2 Å². The summed E-state index contributed by atoms with van der Waals surface area (Å²) < 4.78 is 11.0. The third-order valence-corrected chi connectivity index (χ3v) is 3.43. The van der Waals surface area contributed by atoms with E-state index in [1.165, 1.54) is 0 Å². The average Bonchev–Trinajstić information content (AvgIpc) is 2.27. The summed E-state index contributed by atoms with van der Waals surface area (Å²) in [4.78, 5) is 12.4. The molecule has 3 nitrogen and oxygen atoms in total. The molecule has 1 aromatic carbocycles. The number of rotatable bonds is 5. The van der Waals surface area contributed by atoms with Crippen molar-refractivity contribution in [2.45, 2.75) is 44.8 Å². The molecule has 0 aromatic heterocycles. The Morgan fingerprint density at radius 2 is 2.06 bits per heavy atom. The standard InChI is InChI=1S/C15H20O3/c1-11(2)18-13-7-4-6-12(10-13)14(16)15(17-3)8-5-9-15/h4,6-7,10-11H,5,8-9H2,1-3H3. The number of hydrogen-bond donors (Lipinski definition) is 0. The summed E-state index contributed by atoms with van der Waals surface area (Å²) in [6.07, 6.45) is 2.80. The minimum absolute atomic E-state index is 0.0745. The summed E-state index contributed by atoms with van der Waals surface area (Å²) in [5, 5.41) is 0. The lowest BCUT2D eigenvalue weighted by molar-refractivity contribution is -0.0448. The van der Waals surface area contributed by atoms with Gasteiger partial charge in [0.05, 0.1) is 6.10 Å². The van der Waals surface area contributed by atoms with Crippen LogP contribution in [0, 0.1) is 0 Å². The van der Waals surface area contributed by atoms with Gasteiger partial charge in [-0.25, -0.2) is 0 Å². The quantitative estimate of drug-likeness (QED) is 0.750. The first-order valence-corrected chi connectivity index (χ1v) is 6.44. The molecule has 0 bridgehead atoms. The van der Waals surface area contributed by atoms with Crippen LogP contribution in [0.5, 0.6) is 5.75 Å². The minimum atomic E-state index is -0.587. The van der Waals surface area contributed by atoms with E-state index >= 15 is 0 Å². The first-order valence-electron chi connectivity index (χ1n) is 6.44. The summed E-state index contributed by atoms with van der Waals surface area (Å²) >= 11 is 0. The molecule has 0 unspecified atom stereocenters. The highest BCUT2D eigenvalue weighted by Gasteiger charge is 2.44. The van der Waals surface area contributed by atoms with Gasteiger partial charge < -0.3 is 9.47 Å². The van der Waals surface area contributed by atoms with E-state index in [1.807, 2.05) is 32.0 Å². The molecule has 1 fully saturated rings. The van der Waals surface area contributed by atoms with E-state index in [1.54, 1.807) is 13.2 Å². The highest BCUT2D eigenvalue weighted by Crippen LogP contribution is 2.38. The van der Waals surface area contributed by atoms with Crippen LogP contribution in [0.2, 0.25) is 0 Å². The van der Waals surface area contributed by atoms with Crippen LogP contribution in [0.3, 0.4) is 0 Å². The third-order valence-electron chi connectivity index (χ3n) is 3.43. The molecule has 0 heterocycles. The van der Waals surface area contributed by atoms with Crippen molar-refractivity contribution in [2.24, 2.45) is 0 Å². The Balaban J connectivity index is 2.20. The highest BCUT2D eigenvalue weighted by atomic mass is 16.5. The summed E-state index contributed by atoms with van der Waals surface area (Å²) in [6.45, 7) is 3.94. The van der Waals surface area contributed by atoms with Gasteiger partial charge in [0.1, 0.15) is 11.4 Å². The van der Waals surface area contributed by atoms with Crippen molar-refractivity contribution >= 4 is 5.78 Å². The summed E-state index contributed by atoms with van der Waals surface area (Å²) in [6, 6.07) is 7.36. The van der Waals surface area contributed by atoms with E-state index in [9.17, 15) is 4.79 Å². The smallest absolute Gasteiger partial charge is 0.194 e. The Morgan fingerprint density at radius 1 is 1.33 bits per heavy atom.